The molecule has 0 heterocycles. The summed E-state index contributed by atoms with van der Waals surface area (Å²) in [6.07, 6.45) is 1.19. The van der Waals surface area contributed by atoms with Gasteiger partial charge in [-0.25, -0.2) is 0 Å². The minimum absolute atomic E-state index is 0.0683. The fraction of sp³-hybridized carbons (Fsp3) is 1.00. The molecule has 3 nitrogen and oxygen atoms in total. The third kappa shape index (κ3) is 12.7. The average molecular weight is 258 g/mol. The van der Waals surface area contributed by atoms with E-state index in [9.17, 15) is 0 Å². The molecule has 0 bridgehead atoms. The molecule has 0 radical (unpaired) electrons. The molecular formula is C8H21Cl2N3Si. The zero-order valence-electron chi connectivity index (χ0n) is 8.57. The lowest BCUT2D eigenvalue weighted by atomic mass is 10.4. The van der Waals surface area contributed by atoms with Crippen molar-refractivity contribution in [3.8, 4) is 0 Å². The molecular weight excluding hydrogens is 237 g/mol. The summed E-state index contributed by atoms with van der Waals surface area (Å²) in [5.74, 6) is 0. The fourth-order valence-electron chi connectivity index (χ4n) is 1.08. The third-order valence-electron chi connectivity index (χ3n) is 1.83. The Morgan fingerprint density at radius 1 is 1.07 bits per heavy atom. The highest BCUT2D eigenvalue weighted by atomic mass is 35.5. The molecule has 4 N–H and O–H groups in total. The molecule has 86 valence electrons. The van der Waals surface area contributed by atoms with Crippen molar-refractivity contribution in [2.24, 2.45) is 5.73 Å². The van der Waals surface area contributed by atoms with Crippen molar-refractivity contribution in [3.05, 3.63) is 0 Å². The van der Waals surface area contributed by atoms with Gasteiger partial charge in [-0.3, -0.25) is 0 Å². The van der Waals surface area contributed by atoms with Crippen LogP contribution >= 0.6 is 23.2 Å². The van der Waals surface area contributed by atoms with Crippen molar-refractivity contribution in [3.63, 3.8) is 0 Å². The van der Waals surface area contributed by atoms with Gasteiger partial charge in [0.05, 0.1) is 14.0 Å². The largest absolute Gasteiger partial charge is 0.329 e. The Balaban J connectivity index is 2.85. The van der Waals surface area contributed by atoms with E-state index in [-0.39, 0.29) is 14.0 Å². The molecule has 0 spiro atoms. The van der Waals surface area contributed by atoms with Crippen molar-refractivity contribution < 1.29 is 0 Å². The molecule has 0 aromatic heterocycles. The number of nitrogens with one attached hydrogen (secondary N) is 2. The molecule has 14 heavy (non-hydrogen) atoms. The molecule has 0 aromatic rings. The Morgan fingerprint density at radius 3 is 2.29 bits per heavy atom. The van der Waals surface area contributed by atoms with Gasteiger partial charge in [-0.05, 0) is 13.0 Å². The van der Waals surface area contributed by atoms with E-state index in [1.807, 2.05) is 0 Å². The van der Waals surface area contributed by atoms with Gasteiger partial charge < -0.3 is 16.4 Å². The summed E-state index contributed by atoms with van der Waals surface area (Å²) >= 11 is 11.3. The van der Waals surface area contributed by atoms with E-state index < -0.39 is 0 Å². The number of hydrogen-bond donors (Lipinski definition) is 3. The van der Waals surface area contributed by atoms with Crippen LogP contribution < -0.4 is 16.4 Å². The maximum Gasteiger partial charge on any atom is 0.0908 e. The van der Waals surface area contributed by atoms with Crippen LogP contribution in [0.4, 0.5) is 0 Å². The van der Waals surface area contributed by atoms with Gasteiger partial charge in [-0.1, -0.05) is 6.04 Å². The molecule has 0 aliphatic carbocycles. The van der Waals surface area contributed by atoms with Crippen LogP contribution in [0.15, 0.2) is 0 Å². The second-order valence-corrected chi connectivity index (χ2v) is 7.59. The minimum Gasteiger partial charge on any atom is -0.329 e. The summed E-state index contributed by atoms with van der Waals surface area (Å²) in [6, 6.07) is 1.22. The van der Waals surface area contributed by atoms with Gasteiger partial charge in [0.15, 0.2) is 0 Å². The van der Waals surface area contributed by atoms with E-state index in [4.69, 9.17) is 28.9 Å². The van der Waals surface area contributed by atoms with Crippen molar-refractivity contribution in [2.45, 2.75) is 16.9 Å². The van der Waals surface area contributed by atoms with Gasteiger partial charge in [-0.15, -0.1) is 23.2 Å². The summed E-state index contributed by atoms with van der Waals surface area (Å²) in [5.41, 5.74) is 5.33. The number of alkyl halides is 2. The number of nitrogens with two attached hydrogens (primary N) is 1. The monoisotopic (exact) mass is 257 g/mol. The van der Waals surface area contributed by atoms with Gasteiger partial charge >= 0.3 is 0 Å². The molecule has 0 aromatic carbocycles. The van der Waals surface area contributed by atoms with Gasteiger partial charge in [0, 0.05) is 26.2 Å². The highest BCUT2D eigenvalue weighted by Gasteiger charge is 1.98. The quantitative estimate of drug-likeness (QED) is 0.290. The van der Waals surface area contributed by atoms with Gasteiger partial charge in [0.1, 0.15) is 0 Å². The average Bonchev–Trinajstić information content (AvgIpc) is 2.15. The summed E-state index contributed by atoms with van der Waals surface area (Å²) < 4.78 is -0.0683. The third-order valence-corrected chi connectivity index (χ3v) is 4.48. The molecule has 0 saturated carbocycles. The van der Waals surface area contributed by atoms with E-state index >= 15 is 0 Å². The molecule has 6 heteroatoms. The Morgan fingerprint density at radius 2 is 1.71 bits per heavy atom. The minimum atomic E-state index is -0.243. The standard InChI is InChI=1S/C8H21Cl2N3Si/c9-8(10)14-7-1-3-12-5-6-13-4-2-11/h8,12-13H,1-7,11,14H2. The van der Waals surface area contributed by atoms with Gasteiger partial charge in [0.25, 0.3) is 0 Å². The van der Waals surface area contributed by atoms with Crippen LogP contribution in [0.1, 0.15) is 6.42 Å². The van der Waals surface area contributed by atoms with Crippen LogP contribution in [-0.4, -0.2) is 46.7 Å². The van der Waals surface area contributed by atoms with Crippen LogP contribution in [-0.2, 0) is 0 Å². The lowest BCUT2D eigenvalue weighted by Crippen LogP contribution is -2.31. The number of hydrogen-bond acceptors (Lipinski definition) is 3. The lowest BCUT2D eigenvalue weighted by Gasteiger charge is -2.05. The maximum absolute atomic E-state index is 5.66. The van der Waals surface area contributed by atoms with Crippen LogP contribution in [0, 0.1) is 0 Å². The highest BCUT2D eigenvalue weighted by Crippen LogP contribution is 2.02. The van der Waals surface area contributed by atoms with Crippen LogP contribution in [0.25, 0.3) is 0 Å². The smallest absolute Gasteiger partial charge is 0.0908 e. The first kappa shape index (κ1) is 14.7. The van der Waals surface area contributed by atoms with E-state index in [1.165, 1.54) is 12.5 Å². The first-order chi connectivity index (χ1) is 6.77. The topological polar surface area (TPSA) is 50.1 Å². The zero-order valence-corrected chi connectivity index (χ0v) is 11.5. The van der Waals surface area contributed by atoms with Gasteiger partial charge in [0.2, 0.25) is 0 Å². The lowest BCUT2D eigenvalue weighted by molar-refractivity contribution is 0.610. The Labute approximate surface area is 98.9 Å². The van der Waals surface area contributed by atoms with E-state index in [0.29, 0.717) is 6.54 Å². The Bertz CT molecular complexity index is 117. The first-order valence-corrected chi connectivity index (χ1v) is 7.86. The van der Waals surface area contributed by atoms with E-state index in [2.05, 4.69) is 10.6 Å². The van der Waals surface area contributed by atoms with Crippen LogP contribution in [0.3, 0.4) is 0 Å². The number of halogens is 2. The first-order valence-electron chi connectivity index (χ1n) is 5.17. The molecule has 0 amide bonds. The summed E-state index contributed by atoms with van der Waals surface area (Å²) in [7, 11) is -0.243. The van der Waals surface area contributed by atoms with Crippen molar-refractivity contribution in [2.75, 3.05) is 32.7 Å². The maximum atomic E-state index is 5.66. The van der Waals surface area contributed by atoms with E-state index in [0.717, 1.165) is 26.2 Å². The molecule has 0 saturated heterocycles. The predicted octanol–water partition coefficient (Wildman–Crippen LogP) is -0.137. The van der Waals surface area contributed by atoms with Crippen molar-refractivity contribution in [1.82, 2.24) is 10.6 Å². The molecule has 0 aliphatic heterocycles. The fourth-order valence-corrected chi connectivity index (χ4v) is 2.85. The van der Waals surface area contributed by atoms with Crippen LogP contribution in [0.2, 0.25) is 6.04 Å². The molecule has 0 unspecified atom stereocenters. The summed E-state index contributed by atoms with van der Waals surface area (Å²) in [6.45, 7) is 4.67. The number of rotatable bonds is 10. The molecule has 0 fully saturated rings. The molecule has 0 atom stereocenters. The zero-order chi connectivity index (χ0) is 10.6. The van der Waals surface area contributed by atoms with E-state index in [1.54, 1.807) is 0 Å². The Kier molecular flexibility index (Phi) is 12.3. The summed E-state index contributed by atoms with van der Waals surface area (Å²) in [4.78, 5) is 0. The molecule has 0 rings (SSSR count). The summed E-state index contributed by atoms with van der Waals surface area (Å²) in [5, 5.41) is 6.57. The van der Waals surface area contributed by atoms with Crippen molar-refractivity contribution in [1.29, 1.82) is 0 Å². The van der Waals surface area contributed by atoms with Gasteiger partial charge in [-0.2, -0.15) is 0 Å². The predicted molar refractivity (Wildman–Crippen MR) is 68.3 cm³/mol. The second kappa shape index (κ2) is 11.7. The second-order valence-electron chi connectivity index (χ2n) is 3.18. The molecule has 0 aliphatic rings. The van der Waals surface area contributed by atoms with Crippen LogP contribution in [0.5, 0.6) is 0 Å². The SMILES string of the molecule is NCCNCCNCCC[SiH2]C(Cl)Cl. The Hall–Kier alpha value is 0.677. The van der Waals surface area contributed by atoms with Crippen molar-refractivity contribution >= 4 is 32.7 Å². The normalized spacial score (nSPS) is 12.0. The highest BCUT2D eigenvalue weighted by molar-refractivity contribution is 6.68.